The highest BCUT2D eigenvalue weighted by molar-refractivity contribution is 5.96. The summed E-state index contributed by atoms with van der Waals surface area (Å²) in [4.78, 5) is 28.0. The van der Waals surface area contributed by atoms with E-state index in [9.17, 15) is 19.1 Å². The number of piperidine rings is 1. The quantitative estimate of drug-likeness (QED) is 0.391. The lowest BCUT2D eigenvalue weighted by atomic mass is 9.87. The molecule has 2 aromatic carbocycles. The van der Waals surface area contributed by atoms with Crippen LogP contribution in [0.3, 0.4) is 0 Å². The Kier molecular flexibility index (Phi) is 4.39. The number of nitrogens with zero attached hydrogens (tertiary/aromatic N) is 4. The average molecular weight is 527 g/mol. The molecule has 4 aliphatic rings. The van der Waals surface area contributed by atoms with Gasteiger partial charge in [-0.2, -0.15) is 0 Å². The van der Waals surface area contributed by atoms with Crippen molar-refractivity contribution in [3.05, 3.63) is 106 Å². The van der Waals surface area contributed by atoms with Crippen LogP contribution in [-0.4, -0.2) is 37.9 Å². The maximum Gasteiger partial charge on any atom is 0.278 e. The van der Waals surface area contributed by atoms with Crippen molar-refractivity contribution < 1.29 is 18.7 Å². The molecule has 196 valence electrons. The fourth-order valence-corrected chi connectivity index (χ4v) is 6.93. The van der Waals surface area contributed by atoms with Crippen LogP contribution >= 0.6 is 0 Å². The number of carbonyl (C=O) groups excluding carboxylic acids is 1. The van der Waals surface area contributed by atoms with Crippen molar-refractivity contribution in [2.45, 2.75) is 37.9 Å². The number of hydrogen-bond acceptors (Lipinski definition) is 4. The molecular weight excluding hydrogens is 502 g/mol. The molecule has 1 N–H and O–H groups in total. The lowest BCUT2D eigenvalue weighted by Gasteiger charge is -2.53. The van der Waals surface area contributed by atoms with E-state index in [2.05, 4.69) is 0 Å². The third-order valence-corrected chi connectivity index (χ3v) is 9.07. The highest BCUT2D eigenvalue weighted by atomic mass is 19.2. The predicted molar refractivity (Wildman–Crippen MR) is 139 cm³/mol. The molecule has 7 nitrogen and oxygen atoms in total. The highest BCUT2D eigenvalue weighted by Crippen LogP contribution is 2.57. The summed E-state index contributed by atoms with van der Waals surface area (Å²) in [5.41, 5.74) is 2.20. The Morgan fingerprint density at radius 1 is 0.897 bits per heavy atom. The summed E-state index contributed by atoms with van der Waals surface area (Å²) < 4.78 is 34.0. The Hall–Kier alpha value is -4.40. The monoisotopic (exact) mass is 526 g/mol. The molecule has 3 aliphatic heterocycles. The Balaban J connectivity index is 1.47. The van der Waals surface area contributed by atoms with Gasteiger partial charge in [0.05, 0.1) is 11.4 Å². The van der Waals surface area contributed by atoms with Crippen LogP contribution in [0.5, 0.6) is 5.75 Å². The number of halogens is 2. The molecule has 2 unspecified atom stereocenters. The van der Waals surface area contributed by atoms with Crippen LogP contribution in [-0.2, 0) is 0 Å². The van der Waals surface area contributed by atoms with Crippen LogP contribution in [0.2, 0.25) is 0 Å². The molecule has 2 aromatic heterocycles. The first kappa shape index (κ1) is 22.6. The molecule has 4 aromatic rings. The van der Waals surface area contributed by atoms with Gasteiger partial charge in [-0.3, -0.25) is 19.3 Å². The molecule has 39 heavy (non-hydrogen) atoms. The number of benzene rings is 2. The number of aromatic nitrogens is 2. The van der Waals surface area contributed by atoms with E-state index in [1.54, 1.807) is 27.8 Å². The molecule has 1 spiro atoms. The molecule has 1 aliphatic carbocycles. The summed E-state index contributed by atoms with van der Waals surface area (Å²) in [6.07, 6.45) is 6.62. The molecule has 2 fully saturated rings. The first-order chi connectivity index (χ1) is 18.9. The lowest BCUT2D eigenvalue weighted by molar-refractivity contribution is 0.0348. The van der Waals surface area contributed by atoms with Gasteiger partial charge in [0.1, 0.15) is 12.2 Å². The molecule has 2 atom stereocenters. The van der Waals surface area contributed by atoms with Crippen LogP contribution in [0.15, 0.2) is 71.8 Å². The topological polar surface area (TPSA) is 70.7 Å². The second-order valence-electron chi connectivity index (χ2n) is 11.1. The van der Waals surface area contributed by atoms with Crippen LogP contribution in [0.1, 0.15) is 53.3 Å². The standard InChI is InChI=1S/C30H24F2N4O3/c31-19-8-7-18-24(25(19)32)21-6-3-13-33(21)20-5-2-1-4-17(20)26(18)36-23-16-30(10-11-30)12-15-34(23)29(39)27-28(38)22(37)9-14-35(27)36/h1-9,13-14,23,26,38H,10-12,15-16H2. The zero-order chi connectivity index (χ0) is 26.6. The molecule has 0 radical (unpaired) electrons. The molecule has 8 rings (SSSR count). The maximum atomic E-state index is 15.8. The third-order valence-electron chi connectivity index (χ3n) is 9.07. The summed E-state index contributed by atoms with van der Waals surface area (Å²) in [6, 6.07) is 14.6. The maximum absolute atomic E-state index is 15.8. The molecule has 1 saturated heterocycles. The van der Waals surface area contributed by atoms with Crippen molar-refractivity contribution in [3.63, 3.8) is 0 Å². The number of carbonyl (C=O) groups is 1. The van der Waals surface area contributed by atoms with Gasteiger partial charge < -0.3 is 14.6 Å². The van der Waals surface area contributed by atoms with Gasteiger partial charge in [0.25, 0.3) is 5.91 Å². The summed E-state index contributed by atoms with van der Waals surface area (Å²) in [6.45, 7) is 0.488. The van der Waals surface area contributed by atoms with E-state index >= 15 is 4.39 Å². The number of rotatable bonds is 1. The fraction of sp³-hybridized carbons (Fsp3) is 0.267. The summed E-state index contributed by atoms with van der Waals surface area (Å²) in [5.74, 6) is -2.91. The van der Waals surface area contributed by atoms with E-state index < -0.39 is 40.9 Å². The van der Waals surface area contributed by atoms with Gasteiger partial charge in [0.2, 0.25) is 5.43 Å². The van der Waals surface area contributed by atoms with Gasteiger partial charge in [-0.05, 0) is 60.9 Å². The SMILES string of the molecule is O=C1c2c(O)c(=O)ccn2N(C2c3ccccc3-n3cccc3-c3c2ccc(F)c3F)C2CC3(CCN12)CC3. The van der Waals surface area contributed by atoms with Crippen LogP contribution in [0, 0.1) is 17.0 Å². The number of para-hydroxylation sites is 1. The minimum atomic E-state index is -0.946. The van der Waals surface area contributed by atoms with E-state index in [4.69, 9.17) is 0 Å². The lowest BCUT2D eigenvalue weighted by Crippen LogP contribution is -2.65. The minimum Gasteiger partial charge on any atom is -0.502 e. The van der Waals surface area contributed by atoms with Crippen molar-refractivity contribution >= 4 is 5.91 Å². The second kappa shape index (κ2) is 7.59. The van der Waals surface area contributed by atoms with E-state index in [0.29, 0.717) is 24.2 Å². The highest BCUT2D eigenvalue weighted by Gasteiger charge is 2.55. The van der Waals surface area contributed by atoms with Gasteiger partial charge in [0, 0.05) is 36.1 Å². The van der Waals surface area contributed by atoms with Crippen LogP contribution < -0.4 is 10.4 Å². The smallest absolute Gasteiger partial charge is 0.278 e. The summed E-state index contributed by atoms with van der Waals surface area (Å²) in [5, 5.41) is 12.8. The largest absolute Gasteiger partial charge is 0.502 e. The summed E-state index contributed by atoms with van der Waals surface area (Å²) >= 11 is 0. The number of fused-ring (bicyclic) bond motifs is 7. The van der Waals surface area contributed by atoms with E-state index in [-0.39, 0.29) is 16.7 Å². The van der Waals surface area contributed by atoms with Gasteiger partial charge in [-0.15, -0.1) is 0 Å². The van der Waals surface area contributed by atoms with Gasteiger partial charge in [0.15, 0.2) is 23.1 Å². The Morgan fingerprint density at radius 3 is 2.54 bits per heavy atom. The van der Waals surface area contributed by atoms with Crippen molar-refractivity contribution in [1.29, 1.82) is 0 Å². The van der Waals surface area contributed by atoms with Gasteiger partial charge in [-0.25, -0.2) is 8.78 Å². The van der Waals surface area contributed by atoms with E-state index in [1.807, 2.05) is 40.0 Å². The third kappa shape index (κ3) is 2.95. The molecule has 1 saturated carbocycles. The first-order valence-electron chi connectivity index (χ1n) is 13.2. The van der Waals surface area contributed by atoms with Gasteiger partial charge in [-0.1, -0.05) is 24.3 Å². The summed E-state index contributed by atoms with van der Waals surface area (Å²) in [7, 11) is 0. The number of hydrogen-bond donors (Lipinski definition) is 1. The Morgan fingerprint density at radius 2 is 1.72 bits per heavy atom. The Labute approximate surface area is 222 Å². The van der Waals surface area contributed by atoms with E-state index in [0.717, 1.165) is 36.6 Å². The number of aromatic hydroxyl groups is 1. The van der Waals surface area contributed by atoms with Crippen LogP contribution in [0.25, 0.3) is 16.9 Å². The van der Waals surface area contributed by atoms with Gasteiger partial charge >= 0.3 is 0 Å². The minimum absolute atomic E-state index is 0.115. The van der Waals surface area contributed by atoms with Crippen molar-refractivity contribution in [1.82, 2.24) is 14.1 Å². The van der Waals surface area contributed by atoms with Crippen molar-refractivity contribution in [2.24, 2.45) is 5.41 Å². The first-order valence-corrected chi connectivity index (χ1v) is 13.2. The van der Waals surface area contributed by atoms with E-state index in [1.165, 1.54) is 12.3 Å². The number of amides is 1. The zero-order valence-electron chi connectivity index (χ0n) is 20.8. The zero-order valence-corrected chi connectivity index (χ0v) is 20.8. The molecular formula is C30H24F2N4O3. The molecule has 5 heterocycles. The normalized spacial score (nSPS) is 21.9. The molecule has 9 heteroatoms. The second-order valence-corrected chi connectivity index (χ2v) is 11.1. The van der Waals surface area contributed by atoms with Crippen LogP contribution in [0.4, 0.5) is 8.78 Å². The average Bonchev–Trinajstić information content (AvgIpc) is 3.53. The Bertz CT molecular complexity index is 1770. The molecule has 1 amide bonds. The molecule has 0 bridgehead atoms. The predicted octanol–water partition coefficient (Wildman–Crippen LogP) is 4.69. The number of pyridine rings is 1. The van der Waals surface area contributed by atoms with Crippen molar-refractivity contribution in [3.8, 4) is 22.7 Å². The fourth-order valence-electron chi connectivity index (χ4n) is 6.93. The van der Waals surface area contributed by atoms with Crippen molar-refractivity contribution in [2.75, 3.05) is 11.6 Å².